The first-order chi connectivity index (χ1) is 8.29. The third-order valence-electron chi connectivity index (χ3n) is 2.06. The second-order valence-corrected chi connectivity index (χ2v) is 4.99. The molecule has 0 atom stereocenters. The normalized spacial score (nSPS) is 9.32. The minimum atomic E-state index is -0.169. The van der Waals surface area contributed by atoms with Crippen LogP contribution in [0.1, 0.15) is 21.2 Å². The van der Waals surface area contributed by atoms with E-state index in [-0.39, 0.29) is 30.7 Å². The van der Waals surface area contributed by atoms with Crippen molar-refractivity contribution < 1.29 is 4.79 Å². The van der Waals surface area contributed by atoms with Crippen LogP contribution in [0.4, 0.5) is 0 Å². The largest absolute Gasteiger partial charge is 0.345 e. The van der Waals surface area contributed by atoms with Gasteiger partial charge in [0.25, 0.3) is 5.91 Å². The van der Waals surface area contributed by atoms with Crippen LogP contribution in [0.5, 0.6) is 0 Å². The summed E-state index contributed by atoms with van der Waals surface area (Å²) in [5, 5.41) is 7.32. The Bertz CT molecular complexity index is 489. The van der Waals surface area contributed by atoms with Crippen LogP contribution in [0.25, 0.3) is 0 Å². The van der Waals surface area contributed by atoms with Gasteiger partial charge in [-0.15, -0.1) is 47.5 Å². The van der Waals surface area contributed by atoms with Crippen LogP contribution in [0, 0.1) is 0 Å². The quantitative estimate of drug-likeness (QED) is 0.870. The van der Waals surface area contributed by atoms with Crippen LogP contribution in [0.2, 0.25) is 0 Å². The summed E-state index contributed by atoms with van der Waals surface area (Å²) in [6, 6.07) is 0. The smallest absolute Gasteiger partial charge is 0.271 e. The monoisotopic (exact) mass is 340 g/mol. The molecule has 2 heterocycles. The van der Waals surface area contributed by atoms with Crippen molar-refractivity contribution in [2.24, 2.45) is 5.73 Å². The predicted octanol–water partition coefficient (Wildman–Crippen LogP) is 1.87. The third kappa shape index (κ3) is 5.42. The first kappa shape index (κ1) is 18.3. The van der Waals surface area contributed by atoms with Gasteiger partial charge < -0.3 is 11.1 Å². The van der Waals surface area contributed by atoms with Gasteiger partial charge in [-0.05, 0) is 6.54 Å². The maximum absolute atomic E-state index is 11.7. The lowest BCUT2D eigenvalue weighted by Gasteiger charge is -1.99. The van der Waals surface area contributed by atoms with E-state index in [1.807, 2.05) is 5.38 Å². The Balaban J connectivity index is 0.00000162. The summed E-state index contributed by atoms with van der Waals surface area (Å²) >= 11 is 2.97. The molecule has 0 aliphatic carbocycles. The highest BCUT2D eigenvalue weighted by Gasteiger charge is 2.10. The number of carbonyl (C=O) groups excluding carboxylic acids is 1. The molecular formula is C10H14Cl2N4OS2. The Labute approximate surface area is 131 Å². The second kappa shape index (κ2) is 9.22. The standard InChI is InChI=1S/C10H12N4OS2.2ClH/c11-2-1-9-14-8(5-17-9)10(15)12-3-7-4-16-6-13-7;;/h4-6H,1-3,11H2,(H,12,15);2*1H. The molecule has 0 saturated carbocycles. The predicted molar refractivity (Wildman–Crippen MR) is 82.7 cm³/mol. The van der Waals surface area contributed by atoms with Gasteiger partial charge in [-0.25, -0.2) is 9.97 Å². The summed E-state index contributed by atoms with van der Waals surface area (Å²) < 4.78 is 0. The zero-order valence-electron chi connectivity index (χ0n) is 9.87. The summed E-state index contributed by atoms with van der Waals surface area (Å²) in [6.45, 7) is 0.986. The molecular weight excluding hydrogens is 327 g/mol. The molecule has 0 fully saturated rings. The average Bonchev–Trinajstić information content (AvgIpc) is 2.97. The van der Waals surface area contributed by atoms with Crippen molar-refractivity contribution >= 4 is 53.4 Å². The number of hydrogen-bond donors (Lipinski definition) is 2. The van der Waals surface area contributed by atoms with Crippen molar-refractivity contribution in [3.63, 3.8) is 0 Å². The SMILES string of the molecule is Cl.Cl.NCCc1nc(C(=O)NCc2cscn2)cs1. The van der Waals surface area contributed by atoms with E-state index in [9.17, 15) is 4.79 Å². The van der Waals surface area contributed by atoms with Crippen LogP contribution < -0.4 is 11.1 Å². The second-order valence-electron chi connectivity index (χ2n) is 3.33. The number of nitrogens with zero attached hydrogens (tertiary/aromatic N) is 2. The number of halogens is 2. The molecule has 1 amide bonds. The van der Waals surface area contributed by atoms with Gasteiger partial charge in [0.1, 0.15) is 5.69 Å². The van der Waals surface area contributed by atoms with Gasteiger partial charge in [-0.2, -0.15) is 0 Å². The summed E-state index contributed by atoms with van der Waals surface area (Å²) in [5.41, 5.74) is 8.48. The van der Waals surface area contributed by atoms with Crippen molar-refractivity contribution in [3.05, 3.63) is 32.7 Å². The molecule has 0 bridgehead atoms. The Kier molecular flexibility index (Phi) is 8.86. The fourth-order valence-electron chi connectivity index (χ4n) is 1.24. The van der Waals surface area contributed by atoms with Crippen molar-refractivity contribution in [1.82, 2.24) is 15.3 Å². The van der Waals surface area contributed by atoms with Crippen LogP contribution in [0.3, 0.4) is 0 Å². The Hall–Kier alpha value is -0.730. The van der Waals surface area contributed by atoms with Crippen LogP contribution in [-0.2, 0) is 13.0 Å². The fraction of sp³-hybridized carbons (Fsp3) is 0.300. The maximum Gasteiger partial charge on any atom is 0.271 e. The van der Waals surface area contributed by atoms with E-state index in [1.165, 1.54) is 22.7 Å². The molecule has 3 N–H and O–H groups in total. The van der Waals surface area contributed by atoms with Crippen molar-refractivity contribution in [2.75, 3.05) is 6.54 Å². The summed E-state index contributed by atoms with van der Waals surface area (Å²) in [4.78, 5) is 20.0. The molecule has 5 nitrogen and oxygen atoms in total. The van der Waals surface area contributed by atoms with Gasteiger partial charge in [0.2, 0.25) is 0 Å². The number of nitrogens with two attached hydrogens (primary N) is 1. The Morgan fingerprint density at radius 1 is 1.37 bits per heavy atom. The van der Waals surface area contributed by atoms with E-state index in [4.69, 9.17) is 5.73 Å². The average molecular weight is 341 g/mol. The van der Waals surface area contributed by atoms with E-state index in [1.54, 1.807) is 10.9 Å². The minimum Gasteiger partial charge on any atom is -0.345 e. The number of carbonyl (C=O) groups is 1. The molecule has 106 valence electrons. The number of hydrogen-bond acceptors (Lipinski definition) is 6. The molecule has 0 aliphatic rings. The summed E-state index contributed by atoms with van der Waals surface area (Å²) in [7, 11) is 0. The Morgan fingerprint density at radius 3 is 2.79 bits per heavy atom. The number of nitrogens with one attached hydrogen (secondary N) is 1. The lowest BCUT2D eigenvalue weighted by Crippen LogP contribution is -2.23. The van der Waals surface area contributed by atoms with Crippen molar-refractivity contribution in [3.8, 4) is 0 Å². The maximum atomic E-state index is 11.7. The van der Waals surface area contributed by atoms with Crippen molar-refractivity contribution in [2.45, 2.75) is 13.0 Å². The zero-order valence-corrected chi connectivity index (χ0v) is 13.1. The van der Waals surface area contributed by atoms with Gasteiger partial charge in [0.05, 0.1) is 22.8 Å². The van der Waals surface area contributed by atoms with Gasteiger partial charge in [0.15, 0.2) is 0 Å². The molecule has 9 heteroatoms. The van der Waals surface area contributed by atoms with Gasteiger partial charge in [0, 0.05) is 17.2 Å². The number of aromatic nitrogens is 2. The molecule has 19 heavy (non-hydrogen) atoms. The lowest BCUT2D eigenvalue weighted by atomic mass is 10.4. The van der Waals surface area contributed by atoms with E-state index in [0.717, 1.165) is 10.7 Å². The number of thiazole rings is 2. The molecule has 0 radical (unpaired) electrons. The third-order valence-corrected chi connectivity index (χ3v) is 3.60. The van der Waals surface area contributed by atoms with Gasteiger partial charge >= 0.3 is 0 Å². The van der Waals surface area contributed by atoms with Crippen molar-refractivity contribution in [1.29, 1.82) is 0 Å². The van der Waals surface area contributed by atoms with E-state index < -0.39 is 0 Å². The number of amides is 1. The highest BCUT2D eigenvalue weighted by Crippen LogP contribution is 2.10. The van der Waals surface area contributed by atoms with Gasteiger partial charge in [-0.1, -0.05) is 0 Å². The van der Waals surface area contributed by atoms with E-state index in [0.29, 0.717) is 25.2 Å². The molecule has 2 rings (SSSR count). The summed E-state index contributed by atoms with van der Waals surface area (Å²) in [5.74, 6) is -0.169. The highest BCUT2D eigenvalue weighted by molar-refractivity contribution is 7.09. The van der Waals surface area contributed by atoms with Crippen LogP contribution in [-0.4, -0.2) is 22.4 Å². The molecule has 0 saturated heterocycles. The molecule has 0 spiro atoms. The molecule has 2 aromatic rings. The Morgan fingerprint density at radius 2 is 2.16 bits per heavy atom. The molecule has 0 unspecified atom stereocenters. The highest BCUT2D eigenvalue weighted by atomic mass is 35.5. The first-order valence-electron chi connectivity index (χ1n) is 5.09. The molecule has 2 aromatic heterocycles. The minimum absolute atomic E-state index is 0. The fourth-order valence-corrected chi connectivity index (χ4v) is 2.59. The van der Waals surface area contributed by atoms with Crippen LogP contribution in [0.15, 0.2) is 16.3 Å². The topological polar surface area (TPSA) is 80.9 Å². The van der Waals surface area contributed by atoms with Gasteiger partial charge in [-0.3, -0.25) is 4.79 Å². The zero-order chi connectivity index (χ0) is 12.1. The van der Waals surface area contributed by atoms with E-state index >= 15 is 0 Å². The first-order valence-corrected chi connectivity index (χ1v) is 6.91. The summed E-state index contributed by atoms with van der Waals surface area (Å²) in [6.07, 6.45) is 0.712. The molecule has 0 aliphatic heterocycles. The van der Waals surface area contributed by atoms with E-state index in [2.05, 4.69) is 15.3 Å². The van der Waals surface area contributed by atoms with Crippen LogP contribution >= 0.6 is 47.5 Å². The molecule has 0 aromatic carbocycles. The number of rotatable bonds is 5. The lowest BCUT2D eigenvalue weighted by molar-refractivity contribution is 0.0946.